The van der Waals surface area contributed by atoms with Gasteiger partial charge in [0.2, 0.25) is 0 Å². The van der Waals surface area contributed by atoms with E-state index in [-0.39, 0.29) is 44.6 Å². The Morgan fingerprint density at radius 2 is 0.283 bits per heavy atom. The minimum Gasteiger partial charge on any atom is -0.0776 e. The summed E-state index contributed by atoms with van der Waals surface area (Å²) in [7, 11) is 0. The molecule has 0 aliphatic rings. The van der Waals surface area contributed by atoms with Crippen LogP contribution in [0.5, 0.6) is 0 Å². The molecular weight excluding hydrogens is 637 g/mol. The third-order valence-corrected chi connectivity index (χ3v) is 7.23. The zero-order chi connectivity index (χ0) is 41.7. The van der Waals surface area contributed by atoms with E-state index < -0.39 is 0 Å². The molecule has 0 fully saturated rings. The van der Waals surface area contributed by atoms with Crippen LogP contribution in [0.3, 0.4) is 0 Å². The average molecular weight is 780 g/mol. The molecule has 0 N–H and O–H groups in total. The maximum Gasteiger partial charge on any atom is -0.0257 e. The molecule has 0 unspecified atom stereocenters. The highest BCUT2D eigenvalue weighted by molar-refractivity contribution is 4.83. The lowest BCUT2D eigenvalue weighted by Gasteiger charge is -2.40. The van der Waals surface area contributed by atoms with Crippen molar-refractivity contribution in [2.75, 3.05) is 0 Å². The Kier molecular flexibility index (Phi) is 274. The molecule has 0 amide bonds. The third-order valence-electron chi connectivity index (χ3n) is 7.23. The molecule has 0 spiro atoms. The van der Waals surface area contributed by atoms with Gasteiger partial charge in [-0.05, 0) is 60.2 Å². The normalized spacial score (nSPS) is 7.70. The summed E-state index contributed by atoms with van der Waals surface area (Å²) in [6.45, 7) is 69.4. The lowest BCUT2D eigenvalue weighted by Crippen LogP contribution is -2.31. The van der Waals surface area contributed by atoms with Crippen molar-refractivity contribution in [3.05, 3.63) is 0 Å². The fourth-order valence-electron chi connectivity index (χ4n) is 5.10. The fourth-order valence-corrected chi connectivity index (χ4v) is 5.10. The van der Waals surface area contributed by atoms with Crippen LogP contribution in [0, 0.1) is 34.5 Å². The molecule has 0 saturated carbocycles. The zero-order valence-corrected chi connectivity index (χ0v) is 41.7. The maximum atomic E-state index is 2.35. The van der Waals surface area contributed by atoms with Gasteiger partial charge >= 0.3 is 0 Å². The van der Waals surface area contributed by atoms with E-state index in [4.69, 9.17) is 0 Å². The highest BCUT2D eigenvalue weighted by Gasteiger charge is 2.33. The average Bonchev–Trinajstić information content (AvgIpc) is 3.05. The molecule has 0 atom stereocenters. The van der Waals surface area contributed by atoms with Crippen molar-refractivity contribution in [3.63, 3.8) is 0 Å². The largest absolute Gasteiger partial charge is 0.0776 e. The molecule has 0 aromatic rings. The molecule has 0 saturated heterocycles. The molecule has 0 heteroatoms. The van der Waals surface area contributed by atoms with Crippen LogP contribution in [0.15, 0.2) is 0 Å². The standard InChI is InChI=1S/2C11H24.5C3H8.5C2H6.6CH4/c2*1-7-11(8-2,9(3)4)10(5)6;5*1-3-2;5*1-2;;;;;;/h2*9-10H,7-8H2,1-6H3;5*3H2,1-2H3;5*1-2H3;6*1H4. The molecule has 0 nitrogen and oxygen atoms in total. The summed E-state index contributed by atoms with van der Waals surface area (Å²) in [6.07, 6.45) is 11.5. The predicted molar refractivity (Wildman–Crippen MR) is 282 cm³/mol. The van der Waals surface area contributed by atoms with Crippen LogP contribution in [-0.2, 0) is 0 Å². The van der Waals surface area contributed by atoms with Crippen molar-refractivity contribution in [3.8, 4) is 0 Å². The highest BCUT2D eigenvalue weighted by atomic mass is 14.4. The van der Waals surface area contributed by atoms with Crippen molar-refractivity contribution >= 4 is 0 Å². The summed E-state index contributed by atoms with van der Waals surface area (Å²) in [5.41, 5.74) is 1.17. The SMILES string of the molecule is C.C.C.C.C.C.CC.CC.CC.CC.CC.CCC.CCC.CCC.CCC.CCC.CCC(CC)(C(C)C)C(C)C.CCC(CC)(C(C)C)C(C)C. The Labute approximate surface area is 357 Å². The van der Waals surface area contributed by atoms with E-state index in [1.165, 1.54) is 57.8 Å². The van der Waals surface area contributed by atoms with Crippen molar-refractivity contribution in [1.82, 2.24) is 0 Å². The van der Waals surface area contributed by atoms with Crippen LogP contribution >= 0.6 is 0 Å². The number of hydrogen-bond donors (Lipinski definition) is 0. The van der Waals surface area contributed by atoms with Crippen LogP contribution in [-0.4, -0.2) is 0 Å². The molecular formula is C53H142. The third kappa shape index (κ3) is 100. The minimum atomic E-state index is 0. The molecule has 53 heavy (non-hydrogen) atoms. The lowest BCUT2D eigenvalue weighted by atomic mass is 9.65. The van der Waals surface area contributed by atoms with Crippen molar-refractivity contribution < 1.29 is 0 Å². The van der Waals surface area contributed by atoms with Crippen LogP contribution in [0.25, 0.3) is 0 Å². The highest BCUT2D eigenvalue weighted by Crippen LogP contribution is 2.42. The molecule has 354 valence electrons. The first-order chi connectivity index (χ1) is 22.1. The molecule has 0 aliphatic heterocycles. The van der Waals surface area contributed by atoms with Gasteiger partial charge in [-0.15, -0.1) is 0 Å². The second-order valence-electron chi connectivity index (χ2n) is 12.0. The first-order valence-electron chi connectivity index (χ1n) is 22.1. The van der Waals surface area contributed by atoms with E-state index >= 15 is 0 Å². The van der Waals surface area contributed by atoms with Gasteiger partial charge < -0.3 is 0 Å². The van der Waals surface area contributed by atoms with Crippen LogP contribution < -0.4 is 0 Å². The van der Waals surface area contributed by atoms with Crippen molar-refractivity contribution in [2.24, 2.45) is 34.5 Å². The molecule has 0 aromatic carbocycles. The van der Waals surface area contributed by atoms with E-state index in [1.807, 2.05) is 69.2 Å². The van der Waals surface area contributed by atoms with Gasteiger partial charge in [-0.1, -0.05) is 298 Å². The summed E-state index contributed by atoms with van der Waals surface area (Å²) in [4.78, 5) is 0. The smallest absolute Gasteiger partial charge is 0.0257 e. The Bertz CT molecular complexity index is 253. The Morgan fingerprint density at radius 1 is 0.226 bits per heavy atom. The van der Waals surface area contributed by atoms with Gasteiger partial charge in [0.25, 0.3) is 0 Å². The first-order valence-corrected chi connectivity index (χ1v) is 22.1. The Morgan fingerprint density at radius 3 is 0.283 bits per heavy atom. The van der Waals surface area contributed by atoms with Gasteiger partial charge in [0.15, 0.2) is 0 Å². The number of rotatable bonds is 8. The van der Waals surface area contributed by atoms with Gasteiger partial charge in [0.1, 0.15) is 0 Å². The van der Waals surface area contributed by atoms with Crippen molar-refractivity contribution in [1.29, 1.82) is 0 Å². The lowest BCUT2D eigenvalue weighted by molar-refractivity contribution is 0.0991. The maximum absolute atomic E-state index is 2.35. The molecule has 0 bridgehead atoms. The Hall–Kier alpha value is 0. The van der Waals surface area contributed by atoms with E-state index in [1.54, 1.807) is 0 Å². The van der Waals surface area contributed by atoms with Crippen LogP contribution in [0.1, 0.15) is 324 Å². The molecule has 0 radical (unpaired) electrons. The summed E-state index contributed by atoms with van der Waals surface area (Å²) in [5.74, 6) is 3.27. The second kappa shape index (κ2) is 124. The van der Waals surface area contributed by atoms with E-state index in [9.17, 15) is 0 Å². The van der Waals surface area contributed by atoms with Crippen LogP contribution in [0.4, 0.5) is 0 Å². The van der Waals surface area contributed by atoms with Gasteiger partial charge in [-0.25, -0.2) is 0 Å². The summed E-state index contributed by atoms with van der Waals surface area (Å²) in [6, 6.07) is 0. The van der Waals surface area contributed by atoms with Gasteiger partial charge in [0.05, 0.1) is 0 Å². The van der Waals surface area contributed by atoms with E-state index in [0.717, 1.165) is 23.7 Å². The second-order valence-corrected chi connectivity index (χ2v) is 12.0. The molecule has 0 heterocycles. The summed E-state index contributed by atoms with van der Waals surface area (Å²) in [5, 5.41) is 0. The molecule has 0 aliphatic carbocycles. The topological polar surface area (TPSA) is 0 Å². The van der Waals surface area contributed by atoms with Gasteiger partial charge in [-0.3, -0.25) is 0 Å². The predicted octanol–water partition coefficient (Wildman–Crippen LogP) is 24.2. The Balaban J connectivity index is -0.0000000169. The monoisotopic (exact) mass is 779 g/mol. The fraction of sp³-hybridized carbons (Fsp3) is 1.00. The summed E-state index contributed by atoms with van der Waals surface area (Å²) < 4.78 is 0. The van der Waals surface area contributed by atoms with Crippen LogP contribution in [0.2, 0.25) is 0 Å². The van der Waals surface area contributed by atoms with Gasteiger partial charge in [-0.2, -0.15) is 0 Å². The van der Waals surface area contributed by atoms with E-state index in [2.05, 4.69) is 152 Å². The molecule has 0 aromatic heterocycles. The van der Waals surface area contributed by atoms with E-state index in [0.29, 0.717) is 10.8 Å². The quantitative estimate of drug-likeness (QED) is 0.230. The minimum absolute atomic E-state index is 0. The van der Waals surface area contributed by atoms with Gasteiger partial charge in [0, 0.05) is 0 Å². The zero-order valence-electron chi connectivity index (χ0n) is 41.7. The first kappa shape index (κ1) is 117. The number of hydrogen-bond acceptors (Lipinski definition) is 0. The molecule has 0 rings (SSSR count). The van der Waals surface area contributed by atoms with Crippen molar-refractivity contribution in [2.45, 2.75) is 324 Å². The summed E-state index contributed by atoms with van der Waals surface area (Å²) >= 11 is 0.